The minimum atomic E-state index is -0.209. The van der Waals surface area contributed by atoms with Gasteiger partial charge in [0, 0.05) is 29.8 Å². The monoisotopic (exact) mass is 353 g/mol. The molecule has 8 nitrogen and oxygen atoms in total. The second kappa shape index (κ2) is 6.62. The van der Waals surface area contributed by atoms with Crippen molar-refractivity contribution in [1.29, 1.82) is 0 Å². The van der Waals surface area contributed by atoms with Crippen LogP contribution in [0.2, 0.25) is 0 Å². The summed E-state index contributed by atoms with van der Waals surface area (Å²) in [5.41, 5.74) is 2.11. The number of H-pyrrole nitrogens is 2. The van der Waals surface area contributed by atoms with Crippen molar-refractivity contribution in [2.45, 2.75) is 19.3 Å². The van der Waals surface area contributed by atoms with E-state index >= 15 is 0 Å². The molecule has 0 spiro atoms. The lowest BCUT2D eigenvalue weighted by Gasteiger charge is -2.09. The van der Waals surface area contributed by atoms with Gasteiger partial charge in [-0.25, -0.2) is 4.98 Å². The highest BCUT2D eigenvalue weighted by molar-refractivity contribution is 5.63. The lowest BCUT2D eigenvalue weighted by Crippen LogP contribution is -2.05. The van der Waals surface area contributed by atoms with Crippen molar-refractivity contribution in [1.82, 2.24) is 25.1 Å². The molecule has 0 radical (unpaired) electrons. The van der Waals surface area contributed by atoms with E-state index in [-0.39, 0.29) is 5.56 Å². The van der Waals surface area contributed by atoms with E-state index in [1.807, 2.05) is 12.1 Å². The van der Waals surface area contributed by atoms with Crippen LogP contribution in [0.25, 0.3) is 11.3 Å². The topological polar surface area (TPSA) is 106 Å². The van der Waals surface area contributed by atoms with Crippen LogP contribution in [0, 0.1) is 12.8 Å². The molecule has 0 bridgehead atoms. The summed E-state index contributed by atoms with van der Waals surface area (Å²) < 4.78 is 11.1. The van der Waals surface area contributed by atoms with Crippen LogP contribution in [0.15, 0.2) is 35.4 Å². The first-order valence-electron chi connectivity index (χ1n) is 8.38. The first-order valence-corrected chi connectivity index (χ1v) is 8.38. The molecule has 1 fully saturated rings. The molecule has 0 amide bonds. The standard InChI is InChI=1S/C18H19N5O3/c1-10-19-8-14(16-6-17(24)23-22-16)18(21-10)26-9-11-5-13(11)15-4-3-12(25-2)7-20-15/h3-4,6-8,11,13H,5,9H2,1-2H3,(H2,22,23,24). The van der Waals surface area contributed by atoms with Crippen LogP contribution in [0.3, 0.4) is 0 Å². The summed E-state index contributed by atoms with van der Waals surface area (Å²) >= 11 is 0. The second-order valence-electron chi connectivity index (χ2n) is 6.34. The second-order valence-corrected chi connectivity index (χ2v) is 6.34. The number of pyridine rings is 1. The number of aryl methyl sites for hydroxylation is 1. The van der Waals surface area contributed by atoms with Gasteiger partial charge in [-0.1, -0.05) is 0 Å². The van der Waals surface area contributed by atoms with Crippen molar-refractivity contribution in [3.8, 4) is 22.9 Å². The predicted molar refractivity (Wildman–Crippen MR) is 94.3 cm³/mol. The molecule has 26 heavy (non-hydrogen) atoms. The molecule has 2 unspecified atom stereocenters. The van der Waals surface area contributed by atoms with Crippen molar-refractivity contribution < 1.29 is 9.47 Å². The molecular formula is C18H19N5O3. The highest BCUT2D eigenvalue weighted by Gasteiger charge is 2.40. The minimum Gasteiger partial charge on any atom is -0.495 e. The normalized spacial score (nSPS) is 18.5. The summed E-state index contributed by atoms with van der Waals surface area (Å²) in [6.07, 6.45) is 4.42. The molecular weight excluding hydrogens is 334 g/mol. The molecule has 3 heterocycles. The summed E-state index contributed by atoms with van der Waals surface area (Å²) in [6.45, 7) is 2.34. The van der Waals surface area contributed by atoms with E-state index in [9.17, 15) is 4.79 Å². The third-order valence-corrected chi connectivity index (χ3v) is 4.49. The summed E-state index contributed by atoms with van der Waals surface area (Å²) in [5, 5.41) is 5.32. The van der Waals surface area contributed by atoms with Gasteiger partial charge < -0.3 is 9.47 Å². The van der Waals surface area contributed by atoms with Crippen molar-refractivity contribution in [2.24, 2.45) is 5.92 Å². The molecule has 0 saturated heterocycles. The summed E-state index contributed by atoms with van der Waals surface area (Å²) in [4.78, 5) is 24.4. The zero-order chi connectivity index (χ0) is 18.1. The van der Waals surface area contributed by atoms with Crippen molar-refractivity contribution >= 4 is 0 Å². The van der Waals surface area contributed by atoms with Crippen molar-refractivity contribution in [3.05, 3.63) is 52.5 Å². The number of aromatic nitrogens is 5. The van der Waals surface area contributed by atoms with Crippen LogP contribution < -0.4 is 15.0 Å². The Hall–Kier alpha value is -3.16. The Morgan fingerprint density at radius 1 is 1.23 bits per heavy atom. The molecule has 0 aromatic carbocycles. The van der Waals surface area contributed by atoms with Gasteiger partial charge in [-0.05, 0) is 25.5 Å². The van der Waals surface area contributed by atoms with Crippen LogP contribution in [-0.2, 0) is 0 Å². The van der Waals surface area contributed by atoms with E-state index in [2.05, 4.69) is 25.1 Å². The van der Waals surface area contributed by atoms with Gasteiger partial charge >= 0.3 is 0 Å². The van der Waals surface area contributed by atoms with Gasteiger partial charge in [0.05, 0.1) is 31.2 Å². The SMILES string of the molecule is COc1ccc(C2CC2COc2nc(C)ncc2-c2cc(=O)[nH][nH]2)nc1. The minimum absolute atomic E-state index is 0.209. The molecule has 1 aliphatic carbocycles. The Bertz CT molecular complexity index is 963. The molecule has 0 aliphatic heterocycles. The molecule has 2 N–H and O–H groups in total. The van der Waals surface area contributed by atoms with Gasteiger partial charge in [-0.15, -0.1) is 0 Å². The Morgan fingerprint density at radius 2 is 2.12 bits per heavy atom. The third kappa shape index (κ3) is 3.30. The fourth-order valence-corrected chi connectivity index (χ4v) is 2.93. The van der Waals surface area contributed by atoms with Crippen LogP contribution in [0.1, 0.15) is 23.9 Å². The predicted octanol–water partition coefficient (Wildman–Crippen LogP) is 2.05. The van der Waals surface area contributed by atoms with Crippen LogP contribution in [0.4, 0.5) is 0 Å². The number of hydrogen-bond acceptors (Lipinski definition) is 6. The lowest BCUT2D eigenvalue weighted by molar-refractivity contribution is 0.285. The number of methoxy groups -OCH3 is 1. The van der Waals surface area contributed by atoms with Crippen molar-refractivity contribution in [2.75, 3.05) is 13.7 Å². The number of nitrogens with zero attached hydrogens (tertiary/aromatic N) is 3. The number of aromatic amines is 2. The zero-order valence-corrected chi connectivity index (χ0v) is 14.5. The van der Waals surface area contributed by atoms with Crippen molar-refractivity contribution in [3.63, 3.8) is 0 Å². The molecule has 1 aliphatic rings. The van der Waals surface area contributed by atoms with Gasteiger partial charge in [0.1, 0.15) is 11.6 Å². The average Bonchev–Trinajstić information content (AvgIpc) is 3.31. The smallest absolute Gasteiger partial charge is 0.264 e. The van der Waals surface area contributed by atoms with E-state index in [1.54, 1.807) is 26.4 Å². The summed E-state index contributed by atoms with van der Waals surface area (Å²) in [6, 6.07) is 5.38. The van der Waals surface area contributed by atoms with E-state index in [1.165, 1.54) is 6.07 Å². The highest BCUT2D eigenvalue weighted by Crippen LogP contribution is 2.47. The summed E-state index contributed by atoms with van der Waals surface area (Å²) in [7, 11) is 1.63. The van der Waals surface area contributed by atoms with Gasteiger partial charge in [0.25, 0.3) is 5.56 Å². The van der Waals surface area contributed by atoms with E-state index in [0.717, 1.165) is 17.9 Å². The maximum absolute atomic E-state index is 11.4. The zero-order valence-electron chi connectivity index (χ0n) is 14.5. The molecule has 8 heteroatoms. The van der Waals surface area contributed by atoms with Gasteiger partial charge in [-0.3, -0.25) is 20.0 Å². The maximum Gasteiger partial charge on any atom is 0.264 e. The Morgan fingerprint density at radius 3 is 2.81 bits per heavy atom. The van der Waals surface area contributed by atoms with E-state index in [0.29, 0.717) is 41.4 Å². The number of nitrogens with one attached hydrogen (secondary N) is 2. The molecule has 4 rings (SSSR count). The molecule has 3 aromatic heterocycles. The molecule has 134 valence electrons. The molecule has 2 atom stereocenters. The Labute approximate surface area is 149 Å². The van der Waals surface area contributed by atoms with Crippen LogP contribution in [-0.4, -0.2) is 38.9 Å². The van der Waals surface area contributed by atoms with Gasteiger partial charge in [-0.2, -0.15) is 4.98 Å². The molecule has 1 saturated carbocycles. The number of rotatable bonds is 6. The van der Waals surface area contributed by atoms with Crippen LogP contribution in [0.5, 0.6) is 11.6 Å². The van der Waals surface area contributed by atoms with E-state index < -0.39 is 0 Å². The number of ether oxygens (including phenoxy) is 2. The summed E-state index contributed by atoms with van der Waals surface area (Å²) in [5.74, 6) is 2.62. The third-order valence-electron chi connectivity index (χ3n) is 4.49. The van der Waals surface area contributed by atoms with Crippen LogP contribution >= 0.6 is 0 Å². The quantitative estimate of drug-likeness (QED) is 0.703. The first-order chi connectivity index (χ1) is 12.6. The lowest BCUT2D eigenvalue weighted by atomic mass is 10.2. The Balaban J connectivity index is 1.45. The van der Waals surface area contributed by atoms with E-state index in [4.69, 9.17) is 9.47 Å². The molecule has 3 aromatic rings. The number of hydrogen-bond donors (Lipinski definition) is 2. The fourth-order valence-electron chi connectivity index (χ4n) is 2.93. The fraction of sp³-hybridized carbons (Fsp3) is 0.333. The first kappa shape index (κ1) is 16.3. The maximum atomic E-state index is 11.4. The average molecular weight is 353 g/mol. The Kier molecular flexibility index (Phi) is 4.16. The highest BCUT2D eigenvalue weighted by atomic mass is 16.5. The largest absolute Gasteiger partial charge is 0.495 e. The van der Waals surface area contributed by atoms with Gasteiger partial charge in [0.2, 0.25) is 5.88 Å². The van der Waals surface area contributed by atoms with Gasteiger partial charge in [0.15, 0.2) is 0 Å².